The van der Waals surface area contributed by atoms with E-state index in [2.05, 4.69) is 30.2 Å². The second-order valence-electron chi connectivity index (χ2n) is 5.86. The van der Waals surface area contributed by atoms with E-state index in [1.165, 1.54) is 0 Å². The molecule has 0 aromatic carbocycles. The van der Waals surface area contributed by atoms with E-state index in [0.29, 0.717) is 11.6 Å². The fraction of sp³-hybridized carbons (Fsp3) is 0.600. The van der Waals surface area contributed by atoms with Gasteiger partial charge in [-0.05, 0) is 26.3 Å². The Morgan fingerprint density at radius 3 is 2.68 bits per heavy atom. The van der Waals surface area contributed by atoms with Crippen LogP contribution in [0.1, 0.15) is 37.2 Å². The Morgan fingerprint density at radius 1 is 1.47 bits per heavy atom. The highest BCUT2D eigenvalue weighted by Crippen LogP contribution is 2.44. The van der Waals surface area contributed by atoms with E-state index in [9.17, 15) is 5.26 Å². The first-order chi connectivity index (χ1) is 8.90. The van der Waals surface area contributed by atoms with E-state index in [-0.39, 0.29) is 11.5 Å². The van der Waals surface area contributed by atoms with E-state index < -0.39 is 0 Å². The van der Waals surface area contributed by atoms with E-state index in [0.717, 1.165) is 23.5 Å². The van der Waals surface area contributed by atoms with Gasteiger partial charge < -0.3 is 10.1 Å². The third-order valence-electron chi connectivity index (χ3n) is 4.23. The van der Waals surface area contributed by atoms with Gasteiger partial charge in [0.1, 0.15) is 6.07 Å². The fourth-order valence-electron chi connectivity index (χ4n) is 2.80. The molecule has 4 heteroatoms. The number of rotatable bonds is 3. The van der Waals surface area contributed by atoms with Crippen LogP contribution in [0, 0.1) is 30.6 Å². The van der Waals surface area contributed by atoms with E-state index in [1.54, 1.807) is 7.11 Å². The van der Waals surface area contributed by atoms with Gasteiger partial charge in [0.05, 0.1) is 23.0 Å². The number of nitrogens with zero attached hydrogens (tertiary/aromatic N) is 2. The molecule has 0 amide bonds. The Morgan fingerprint density at radius 2 is 2.16 bits per heavy atom. The predicted octanol–water partition coefficient (Wildman–Crippen LogP) is 2.80. The molecule has 1 aliphatic carbocycles. The van der Waals surface area contributed by atoms with E-state index >= 15 is 0 Å². The van der Waals surface area contributed by atoms with Crippen molar-refractivity contribution in [3.8, 4) is 6.07 Å². The first-order valence-electron chi connectivity index (χ1n) is 6.57. The number of ether oxygens (including phenoxy) is 1. The summed E-state index contributed by atoms with van der Waals surface area (Å²) >= 11 is 0. The number of aromatic nitrogens is 1. The van der Waals surface area contributed by atoms with Gasteiger partial charge in [0.25, 0.3) is 0 Å². The number of aryl methyl sites for hydroxylation is 2. The SMILES string of the molecule is COC1CC(Nc2cc(C)nc(C)c2C#N)C1(C)C. The number of anilines is 1. The van der Waals surface area contributed by atoms with Crippen molar-refractivity contribution in [3.63, 3.8) is 0 Å². The van der Waals surface area contributed by atoms with Crippen molar-refractivity contribution < 1.29 is 4.74 Å². The number of pyridine rings is 1. The van der Waals surface area contributed by atoms with Gasteiger partial charge in [-0.1, -0.05) is 13.8 Å². The highest BCUT2D eigenvalue weighted by molar-refractivity contribution is 5.60. The van der Waals surface area contributed by atoms with Crippen molar-refractivity contribution in [2.24, 2.45) is 5.41 Å². The zero-order chi connectivity index (χ0) is 14.2. The highest BCUT2D eigenvalue weighted by Gasteiger charge is 2.48. The molecule has 1 aliphatic rings. The minimum Gasteiger partial charge on any atom is -0.381 e. The average molecular weight is 259 g/mol. The van der Waals surface area contributed by atoms with Crippen LogP contribution >= 0.6 is 0 Å². The highest BCUT2D eigenvalue weighted by atomic mass is 16.5. The van der Waals surface area contributed by atoms with Gasteiger partial charge in [-0.2, -0.15) is 5.26 Å². The van der Waals surface area contributed by atoms with Gasteiger partial charge in [-0.15, -0.1) is 0 Å². The summed E-state index contributed by atoms with van der Waals surface area (Å²) in [6.45, 7) is 8.20. The lowest BCUT2D eigenvalue weighted by Gasteiger charge is -2.51. The van der Waals surface area contributed by atoms with Crippen LogP contribution in [-0.2, 0) is 4.74 Å². The molecule has 2 unspecified atom stereocenters. The van der Waals surface area contributed by atoms with E-state index in [4.69, 9.17) is 4.74 Å². The molecule has 2 atom stereocenters. The molecule has 0 aliphatic heterocycles. The fourth-order valence-corrected chi connectivity index (χ4v) is 2.80. The number of nitrogens with one attached hydrogen (secondary N) is 1. The number of hydrogen-bond donors (Lipinski definition) is 1. The third kappa shape index (κ3) is 2.31. The predicted molar refractivity (Wildman–Crippen MR) is 75.0 cm³/mol. The lowest BCUT2D eigenvalue weighted by Crippen LogP contribution is -2.57. The average Bonchev–Trinajstić information content (AvgIpc) is 2.33. The molecule has 0 saturated heterocycles. The minimum absolute atomic E-state index is 0.0759. The molecule has 0 bridgehead atoms. The smallest absolute Gasteiger partial charge is 0.103 e. The summed E-state index contributed by atoms with van der Waals surface area (Å²) in [7, 11) is 1.75. The molecule has 1 fully saturated rings. The second-order valence-corrected chi connectivity index (χ2v) is 5.86. The molecular weight excluding hydrogens is 238 g/mol. The Labute approximate surface area is 114 Å². The first kappa shape index (κ1) is 13.8. The molecule has 1 N–H and O–H groups in total. The summed E-state index contributed by atoms with van der Waals surface area (Å²) in [5.74, 6) is 0. The van der Waals surface area contributed by atoms with Crippen molar-refractivity contribution in [1.29, 1.82) is 5.26 Å². The Balaban J connectivity index is 2.24. The van der Waals surface area contributed by atoms with Crippen molar-refractivity contribution in [3.05, 3.63) is 23.0 Å². The molecule has 19 heavy (non-hydrogen) atoms. The minimum atomic E-state index is 0.0759. The zero-order valence-electron chi connectivity index (χ0n) is 12.2. The number of nitriles is 1. The summed E-state index contributed by atoms with van der Waals surface area (Å²) in [5, 5.41) is 12.8. The maximum atomic E-state index is 9.27. The molecule has 102 valence electrons. The van der Waals surface area contributed by atoms with Gasteiger partial charge >= 0.3 is 0 Å². The lowest BCUT2D eigenvalue weighted by molar-refractivity contribution is -0.0794. The van der Waals surface area contributed by atoms with Crippen LogP contribution in [0.5, 0.6) is 0 Å². The normalized spacial score (nSPS) is 24.4. The standard InChI is InChI=1S/C15H21N3O/c1-9-6-12(11(8-16)10(2)17-9)18-13-7-14(19-5)15(13,3)4/h6,13-14H,7H2,1-5H3,(H,17,18). The largest absolute Gasteiger partial charge is 0.381 e. The van der Waals surface area contributed by atoms with Crippen LogP contribution < -0.4 is 5.32 Å². The molecule has 1 aromatic rings. The van der Waals surface area contributed by atoms with E-state index in [1.807, 2.05) is 19.9 Å². The maximum Gasteiger partial charge on any atom is 0.103 e. The van der Waals surface area contributed by atoms with Crippen LogP contribution in [0.15, 0.2) is 6.07 Å². The summed E-state index contributed by atoms with van der Waals surface area (Å²) in [4.78, 5) is 4.34. The quantitative estimate of drug-likeness (QED) is 0.906. The van der Waals surface area contributed by atoms with Crippen molar-refractivity contribution >= 4 is 5.69 Å². The van der Waals surface area contributed by atoms with Gasteiger partial charge in [0, 0.05) is 24.3 Å². The monoisotopic (exact) mass is 259 g/mol. The van der Waals surface area contributed by atoms with Crippen LogP contribution in [0.3, 0.4) is 0 Å². The summed E-state index contributed by atoms with van der Waals surface area (Å²) in [6, 6.07) is 4.51. The summed E-state index contributed by atoms with van der Waals surface area (Å²) in [5.41, 5.74) is 3.32. The van der Waals surface area contributed by atoms with Gasteiger partial charge in [0.15, 0.2) is 0 Å². The van der Waals surface area contributed by atoms with Crippen molar-refractivity contribution in [1.82, 2.24) is 4.98 Å². The summed E-state index contributed by atoms with van der Waals surface area (Å²) < 4.78 is 5.46. The number of hydrogen-bond acceptors (Lipinski definition) is 4. The molecule has 0 spiro atoms. The Kier molecular flexibility index (Phi) is 3.51. The van der Waals surface area contributed by atoms with Crippen molar-refractivity contribution in [2.45, 2.75) is 46.3 Å². The molecule has 1 heterocycles. The Bertz CT molecular complexity index is 531. The molecule has 1 aromatic heterocycles. The van der Waals surface area contributed by atoms with Gasteiger partial charge in [-0.25, -0.2) is 0 Å². The van der Waals surface area contributed by atoms with Crippen LogP contribution in [0.4, 0.5) is 5.69 Å². The van der Waals surface area contributed by atoms with Gasteiger partial charge in [-0.3, -0.25) is 4.98 Å². The topological polar surface area (TPSA) is 57.9 Å². The third-order valence-corrected chi connectivity index (χ3v) is 4.23. The zero-order valence-corrected chi connectivity index (χ0v) is 12.2. The molecule has 2 rings (SSSR count). The first-order valence-corrected chi connectivity index (χ1v) is 6.57. The maximum absolute atomic E-state index is 9.27. The van der Waals surface area contributed by atoms with Gasteiger partial charge in [0.2, 0.25) is 0 Å². The molecule has 4 nitrogen and oxygen atoms in total. The summed E-state index contributed by atoms with van der Waals surface area (Å²) in [6.07, 6.45) is 1.24. The number of methoxy groups -OCH3 is 1. The van der Waals surface area contributed by atoms with Crippen molar-refractivity contribution in [2.75, 3.05) is 12.4 Å². The molecular formula is C15H21N3O. The van der Waals surface area contributed by atoms with Crippen LogP contribution in [0.2, 0.25) is 0 Å². The molecule has 1 saturated carbocycles. The van der Waals surface area contributed by atoms with Crippen LogP contribution in [-0.4, -0.2) is 24.2 Å². The lowest BCUT2D eigenvalue weighted by atomic mass is 9.64. The molecule has 0 radical (unpaired) electrons. The van der Waals surface area contributed by atoms with Crippen LogP contribution in [0.25, 0.3) is 0 Å². The Hall–Kier alpha value is -1.60. The second kappa shape index (κ2) is 4.82.